The van der Waals surface area contributed by atoms with Gasteiger partial charge in [-0.15, -0.1) is 5.10 Å². The number of hydrogen-bond acceptors (Lipinski definition) is 4. The molecule has 0 saturated carbocycles. The fourth-order valence-electron chi connectivity index (χ4n) is 1.71. The van der Waals surface area contributed by atoms with Gasteiger partial charge in [0.15, 0.2) is 11.5 Å². The molecule has 1 aromatic carbocycles. The summed E-state index contributed by atoms with van der Waals surface area (Å²) < 4.78 is 1.61. The average molecular weight is 268 g/mol. The lowest BCUT2D eigenvalue weighted by molar-refractivity contribution is 0.102. The van der Waals surface area contributed by atoms with Crippen LogP contribution in [0.3, 0.4) is 0 Å². The molecule has 0 aliphatic heterocycles. The van der Waals surface area contributed by atoms with Crippen LogP contribution in [0.25, 0.3) is 5.69 Å². The number of aromatic nitrogens is 5. The first-order valence-corrected chi connectivity index (χ1v) is 6.01. The van der Waals surface area contributed by atoms with Gasteiger partial charge in [0.25, 0.3) is 5.91 Å². The molecule has 0 atom stereocenters. The highest BCUT2D eigenvalue weighted by Gasteiger charge is 2.12. The molecule has 0 fully saturated rings. The Morgan fingerprint density at radius 3 is 2.65 bits per heavy atom. The summed E-state index contributed by atoms with van der Waals surface area (Å²) in [5.41, 5.74) is 1.03. The quantitative estimate of drug-likeness (QED) is 0.775. The number of carbonyl (C=O) groups is 1. The number of aryl methyl sites for hydroxylation is 1. The van der Waals surface area contributed by atoms with Crippen molar-refractivity contribution in [1.82, 2.24) is 24.8 Å². The van der Waals surface area contributed by atoms with Crippen LogP contribution in [0.4, 0.5) is 5.82 Å². The van der Waals surface area contributed by atoms with Crippen LogP contribution >= 0.6 is 0 Å². The van der Waals surface area contributed by atoms with Crippen molar-refractivity contribution in [2.24, 2.45) is 7.05 Å². The summed E-state index contributed by atoms with van der Waals surface area (Å²) in [5, 5.41) is 14.9. The van der Waals surface area contributed by atoms with E-state index in [1.54, 1.807) is 24.0 Å². The number of nitrogens with one attached hydrogen (secondary N) is 1. The second-order valence-corrected chi connectivity index (χ2v) is 4.18. The van der Waals surface area contributed by atoms with Gasteiger partial charge in [-0.3, -0.25) is 9.48 Å². The molecule has 0 bridgehead atoms. The lowest BCUT2D eigenvalue weighted by atomic mass is 10.3. The highest BCUT2D eigenvalue weighted by molar-refractivity contribution is 6.02. The van der Waals surface area contributed by atoms with Gasteiger partial charge >= 0.3 is 0 Å². The van der Waals surface area contributed by atoms with Crippen molar-refractivity contribution in [2.45, 2.75) is 0 Å². The van der Waals surface area contributed by atoms with E-state index in [9.17, 15) is 4.79 Å². The molecule has 0 unspecified atom stereocenters. The van der Waals surface area contributed by atoms with E-state index in [1.165, 1.54) is 11.0 Å². The van der Waals surface area contributed by atoms with E-state index >= 15 is 0 Å². The topological polar surface area (TPSA) is 77.6 Å². The van der Waals surface area contributed by atoms with Crippen LogP contribution in [0.1, 0.15) is 10.5 Å². The monoisotopic (exact) mass is 268 g/mol. The summed E-state index contributed by atoms with van der Waals surface area (Å²) >= 11 is 0. The van der Waals surface area contributed by atoms with Crippen molar-refractivity contribution in [1.29, 1.82) is 0 Å². The summed E-state index contributed by atoms with van der Waals surface area (Å²) in [6.45, 7) is 0. The van der Waals surface area contributed by atoms with Gasteiger partial charge in [0, 0.05) is 19.3 Å². The van der Waals surface area contributed by atoms with Gasteiger partial charge in [0.1, 0.15) is 0 Å². The molecule has 100 valence electrons. The van der Waals surface area contributed by atoms with Gasteiger partial charge in [-0.1, -0.05) is 18.2 Å². The first kappa shape index (κ1) is 12.1. The molecule has 0 saturated heterocycles. The van der Waals surface area contributed by atoms with E-state index in [0.29, 0.717) is 5.82 Å². The zero-order valence-corrected chi connectivity index (χ0v) is 10.8. The summed E-state index contributed by atoms with van der Waals surface area (Å²) in [6.07, 6.45) is 3.17. The molecule has 3 rings (SSSR count). The van der Waals surface area contributed by atoms with Gasteiger partial charge in [-0.2, -0.15) is 15.0 Å². The first-order chi connectivity index (χ1) is 9.72. The van der Waals surface area contributed by atoms with Crippen LogP contribution in [0.2, 0.25) is 0 Å². The molecule has 0 radical (unpaired) electrons. The Labute approximate surface area is 114 Å². The molecule has 7 nitrogen and oxygen atoms in total. The van der Waals surface area contributed by atoms with Crippen molar-refractivity contribution in [3.8, 4) is 5.69 Å². The Morgan fingerprint density at radius 2 is 1.95 bits per heavy atom. The molecule has 0 aliphatic rings. The Balaban J connectivity index is 1.78. The first-order valence-electron chi connectivity index (χ1n) is 6.01. The number of amides is 1. The van der Waals surface area contributed by atoms with E-state index in [2.05, 4.69) is 20.6 Å². The van der Waals surface area contributed by atoms with Crippen molar-refractivity contribution < 1.29 is 4.79 Å². The second kappa shape index (κ2) is 4.96. The van der Waals surface area contributed by atoms with Gasteiger partial charge in [0.2, 0.25) is 0 Å². The molecule has 2 aromatic heterocycles. The minimum atomic E-state index is -0.342. The van der Waals surface area contributed by atoms with E-state index in [1.807, 2.05) is 30.3 Å². The third-order valence-corrected chi connectivity index (χ3v) is 2.67. The Hall–Kier alpha value is -2.96. The maximum absolute atomic E-state index is 12.0. The maximum atomic E-state index is 12.0. The van der Waals surface area contributed by atoms with Gasteiger partial charge in [-0.05, 0) is 12.1 Å². The van der Waals surface area contributed by atoms with Crippen LogP contribution in [0, 0.1) is 0 Å². The number of benzene rings is 1. The van der Waals surface area contributed by atoms with Crippen LogP contribution in [-0.2, 0) is 7.05 Å². The minimum Gasteiger partial charge on any atom is -0.304 e. The fourth-order valence-corrected chi connectivity index (χ4v) is 1.71. The fraction of sp³-hybridized carbons (Fsp3) is 0.0769. The molecule has 2 heterocycles. The molecule has 7 heteroatoms. The lowest BCUT2D eigenvalue weighted by Gasteiger charge is -1.98. The van der Waals surface area contributed by atoms with Crippen LogP contribution in [-0.4, -0.2) is 30.7 Å². The largest absolute Gasteiger partial charge is 0.304 e. The number of rotatable bonds is 3. The summed E-state index contributed by atoms with van der Waals surface area (Å²) in [6, 6.07) is 11.1. The van der Waals surface area contributed by atoms with Crippen molar-refractivity contribution in [2.75, 3.05) is 5.32 Å². The molecule has 3 aromatic rings. The Bertz CT molecular complexity index is 730. The molecule has 1 amide bonds. The normalized spacial score (nSPS) is 10.4. The van der Waals surface area contributed by atoms with Gasteiger partial charge in [-0.25, -0.2) is 0 Å². The van der Waals surface area contributed by atoms with Gasteiger partial charge < -0.3 is 5.32 Å². The van der Waals surface area contributed by atoms with E-state index in [0.717, 1.165) is 5.69 Å². The summed E-state index contributed by atoms with van der Waals surface area (Å²) in [5.74, 6) is 0.137. The summed E-state index contributed by atoms with van der Waals surface area (Å²) in [7, 11) is 1.78. The molecule has 1 N–H and O–H groups in total. The zero-order chi connectivity index (χ0) is 13.9. The van der Waals surface area contributed by atoms with Crippen molar-refractivity contribution >= 4 is 11.7 Å². The van der Waals surface area contributed by atoms with E-state index < -0.39 is 0 Å². The van der Waals surface area contributed by atoms with Crippen LogP contribution in [0.5, 0.6) is 0 Å². The number of para-hydroxylation sites is 1. The Morgan fingerprint density at radius 1 is 1.15 bits per heavy atom. The standard InChI is InChI=1S/C13H12N6O/c1-18-8-7-12(17-18)15-13(20)11-9-14-19(16-11)10-5-3-2-4-6-10/h2-9H,1H3,(H,15,17,20). The number of hydrogen-bond donors (Lipinski definition) is 1. The third kappa shape index (κ3) is 2.41. The number of nitrogens with zero attached hydrogens (tertiary/aromatic N) is 5. The molecule has 0 spiro atoms. The molecular weight excluding hydrogens is 256 g/mol. The maximum Gasteiger partial charge on any atom is 0.279 e. The number of carbonyl (C=O) groups excluding carboxylic acids is 1. The second-order valence-electron chi connectivity index (χ2n) is 4.18. The van der Waals surface area contributed by atoms with E-state index in [4.69, 9.17) is 0 Å². The predicted octanol–water partition coefficient (Wildman–Crippen LogP) is 1.25. The zero-order valence-electron chi connectivity index (χ0n) is 10.8. The number of anilines is 1. The van der Waals surface area contributed by atoms with Crippen LogP contribution in [0.15, 0.2) is 48.8 Å². The Kier molecular flexibility index (Phi) is 3.00. The average Bonchev–Trinajstić information content (AvgIpc) is 3.09. The molecule has 20 heavy (non-hydrogen) atoms. The highest BCUT2D eigenvalue weighted by atomic mass is 16.2. The van der Waals surface area contributed by atoms with Gasteiger partial charge in [0.05, 0.1) is 11.9 Å². The van der Waals surface area contributed by atoms with Crippen molar-refractivity contribution in [3.05, 3.63) is 54.5 Å². The lowest BCUT2D eigenvalue weighted by Crippen LogP contribution is -2.13. The molecule has 0 aliphatic carbocycles. The highest BCUT2D eigenvalue weighted by Crippen LogP contribution is 2.06. The van der Waals surface area contributed by atoms with E-state index in [-0.39, 0.29) is 11.6 Å². The van der Waals surface area contributed by atoms with Crippen LogP contribution < -0.4 is 5.32 Å². The predicted molar refractivity (Wildman–Crippen MR) is 72.5 cm³/mol. The van der Waals surface area contributed by atoms with Crippen molar-refractivity contribution in [3.63, 3.8) is 0 Å². The third-order valence-electron chi connectivity index (χ3n) is 2.67. The smallest absolute Gasteiger partial charge is 0.279 e. The molecular formula is C13H12N6O. The SMILES string of the molecule is Cn1ccc(NC(=O)c2cnn(-c3ccccc3)n2)n1. The minimum absolute atomic E-state index is 0.236. The summed E-state index contributed by atoms with van der Waals surface area (Å²) in [4.78, 5) is 13.4.